The number of hydrogen-bond donors (Lipinski definition) is 1. The molecule has 0 rings (SSSR count). The molecule has 0 aromatic rings. The number of nitrogens with one attached hydrogen (secondary N) is 1. The van der Waals surface area contributed by atoms with Crippen molar-refractivity contribution in [3.8, 4) is 0 Å². The number of ether oxygens (including phenoxy) is 2. The summed E-state index contributed by atoms with van der Waals surface area (Å²) >= 11 is 0. The van der Waals surface area contributed by atoms with Crippen LogP contribution >= 0.6 is 0 Å². The molecule has 0 unspecified atom stereocenters. The van der Waals surface area contributed by atoms with Gasteiger partial charge in [-0.3, -0.25) is 4.79 Å². The Morgan fingerprint density at radius 1 is 0.905 bits per heavy atom. The minimum atomic E-state index is 0.299. The Bertz CT molecular complexity index is 242. The summed E-state index contributed by atoms with van der Waals surface area (Å²) in [4.78, 5) is 11.6. The number of carbonyl (C=O) groups is 1. The monoisotopic (exact) mass is 301 g/mol. The molecule has 0 saturated carbocycles. The molecule has 4 nitrogen and oxygen atoms in total. The van der Waals surface area contributed by atoms with E-state index in [0.717, 1.165) is 32.4 Å². The highest BCUT2D eigenvalue weighted by molar-refractivity contribution is 5.80. The molecule has 0 atom stereocenters. The second-order valence-electron chi connectivity index (χ2n) is 6.41. The van der Waals surface area contributed by atoms with Gasteiger partial charge in [0.25, 0.3) is 0 Å². The van der Waals surface area contributed by atoms with E-state index in [1.165, 1.54) is 0 Å². The van der Waals surface area contributed by atoms with Gasteiger partial charge in [-0.25, -0.2) is 0 Å². The lowest BCUT2D eigenvalue weighted by Crippen LogP contribution is -2.26. The second kappa shape index (κ2) is 14.5. The topological polar surface area (TPSA) is 47.6 Å². The van der Waals surface area contributed by atoms with Gasteiger partial charge in [-0.1, -0.05) is 34.1 Å². The van der Waals surface area contributed by atoms with Gasteiger partial charge in [0.1, 0.15) is 5.78 Å². The van der Waals surface area contributed by atoms with Crippen molar-refractivity contribution in [2.45, 2.75) is 53.4 Å². The average molecular weight is 301 g/mol. The summed E-state index contributed by atoms with van der Waals surface area (Å²) in [6, 6.07) is 0. The number of carbonyl (C=O) groups excluding carboxylic acids is 1. The first-order valence-electron chi connectivity index (χ1n) is 8.40. The van der Waals surface area contributed by atoms with Gasteiger partial charge in [0.05, 0.1) is 26.4 Å². The van der Waals surface area contributed by atoms with Crippen molar-refractivity contribution in [3.63, 3.8) is 0 Å². The Morgan fingerprint density at radius 3 is 2.14 bits per heavy atom. The van der Waals surface area contributed by atoms with E-state index in [-0.39, 0.29) is 0 Å². The molecule has 0 aromatic heterocycles. The van der Waals surface area contributed by atoms with E-state index in [1.54, 1.807) is 0 Å². The summed E-state index contributed by atoms with van der Waals surface area (Å²) in [7, 11) is 0. The van der Waals surface area contributed by atoms with Gasteiger partial charge < -0.3 is 14.8 Å². The fourth-order valence-electron chi connectivity index (χ4n) is 1.81. The van der Waals surface area contributed by atoms with Crippen LogP contribution in [0.5, 0.6) is 0 Å². The van der Waals surface area contributed by atoms with E-state index < -0.39 is 0 Å². The van der Waals surface area contributed by atoms with Gasteiger partial charge in [0.2, 0.25) is 0 Å². The lowest BCUT2D eigenvalue weighted by Gasteiger charge is -2.08. The molecule has 0 radical (unpaired) electrons. The Morgan fingerprint density at radius 2 is 1.52 bits per heavy atom. The van der Waals surface area contributed by atoms with E-state index in [2.05, 4.69) is 33.0 Å². The summed E-state index contributed by atoms with van der Waals surface area (Å²) in [6.07, 6.45) is 3.92. The van der Waals surface area contributed by atoms with Crippen LogP contribution in [0.15, 0.2) is 0 Å². The quantitative estimate of drug-likeness (QED) is 0.472. The molecule has 0 spiro atoms. The summed E-state index contributed by atoms with van der Waals surface area (Å²) in [6.45, 7) is 12.7. The number of rotatable bonds is 15. The van der Waals surface area contributed by atoms with Gasteiger partial charge in [0, 0.05) is 19.6 Å². The standard InChI is InChI=1S/C17H35NO3/c1-15(2)6-5-7-17(19)14-18-9-11-21-13-12-20-10-8-16(3)4/h15-16,18H,5-14H2,1-4H3. The van der Waals surface area contributed by atoms with E-state index in [9.17, 15) is 4.79 Å². The molecular formula is C17H35NO3. The molecule has 0 aliphatic carbocycles. The molecule has 0 aliphatic rings. The van der Waals surface area contributed by atoms with Crippen LogP contribution in [-0.4, -0.2) is 45.3 Å². The Balaban J connectivity index is 3.16. The number of hydrogen-bond acceptors (Lipinski definition) is 4. The first-order chi connectivity index (χ1) is 10.0. The summed E-state index contributed by atoms with van der Waals surface area (Å²) < 4.78 is 10.9. The SMILES string of the molecule is CC(C)CCCC(=O)CNCCOCCOCCC(C)C. The predicted molar refractivity (Wildman–Crippen MR) is 87.7 cm³/mol. The third kappa shape index (κ3) is 17.5. The van der Waals surface area contributed by atoms with E-state index in [4.69, 9.17) is 9.47 Å². The van der Waals surface area contributed by atoms with Crippen molar-refractivity contribution in [1.82, 2.24) is 5.32 Å². The molecule has 0 aromatic carbocycles. The van der Waals surface area contributed by atoms with Crippen LogP contribution in [0, 0.1) is 11.8 Å². The maximum atomic E-state index is 11.6. The Hall–Kier alpha value is -0.450. The minimum Gasteiger partial charge on any atom is -0.379 e. The predicted octanol–water partition coefficient (Wildman–Crippen LogP) is 3.05. The molecule has 126 valence electrons. The highest BCUT2D eigenvalue weighted by Gasteiger charge is 2.02. The third-order valence-electron chi connectivity index (χ3n) is 3.19. The van der Waals surface area contributed by atoms with Crippen molar-refractivity contribution in [2.75, 3.05) is 39.5 Å². The number of Topliss-reactive ketones (excluding diaryl/α,β-unsaturated/α-hetero) is 1. The average Bonchev–Trinajstić information content (AvgIpc) is 2.40. The zero-order valence-electron chi connectivity index (χ0n) is 14.5. The third-order valence-corrected chi connectivity index (χ3v) is 3.19. The van der Waals surface area contributed by atoms with Gasteiger partial charge in [-0.15, -0.1) is 0 Å². The molecule has 0 fully saturated rings. The lowest BCUT2D eigenvalue weighted by atomic mass is 10.1. The second-order valence-corrected chi connectivity index (χ2v) is 6.41. The normalized spacial score (nSPS) is 11.5. The van der Waals surface area contributed by atoms with Crippen molar-refractivity contribution in [1.29, 1.82) is 0 Å². The van der Waals surface area contributed by atoms with Crippen LogP contribution in [0.25, 0.3) is 0 Å². The first-order valence-corrected chi connectivity index (χ1v) is 8.40. The fourth-order valence-corrected chi connectivity index (χ4v) is 1.81. The molecule has 1 N–H and O–H groups in total. The largest absolute Gasteiger partial charge is 0.379 e. The van der Waals surface area contributed by atoms with Crippen LogP contribution in [0.4, 0.5) is 0 Å². The summed E-state index contributed by atoms with van der Waals surface area (Å²) in [5, 5.41) is 3.12. The highest BCUT2D eigenvalue weighted by Crippen LogP contribution is 2.05. The Kier molecular flexibility index (Phi) is 14.2. The van der Waals surface area contributed by atoms with Gasteiger partial charge >= 0.3 is 0 Å². The Labute approximate surface area is 131 Å². The van der Waals surface area contributed by atoms with E-state index in [0.29, 0.717) is 50.4 Å². The fraction of sp³-hybridized carbons (Fsp3) is 0.941. The van der Waals surface area contributed by atoms with Crippen molar-refractivity contribution in [3.05, 3.63) is 0 Å². The van der Waals surface area contributed by atoms with Crippen LogP contribution in [-0.2, 0) is 14.3 Å². The minimum absolute atomic E-state index is 0.299. The molecule has 21 heavy (non-hydrogen) atoms. The van der Waals surface area contributed by atoms with Gasteiger partial charge in [-0.05, 0) is 24.7 Å². The van der Waals surface area contributed by atoms with Crippen molar-refractivity contribution < 1.29 is 14.3 Å². The lowest BCUT2D eigenvalue weighted by molar-refractivity contribution is -0.118. The van der Waals surface area contributed by atoms with E-state index >= 15 is 0 Å². The van der Waals surface area contributed by atoms with Gasteiger partial charge in [-0.2, -0.15) is 0 Å². The smallest absolute Gasteiger partial charge is 0.146 e. The first kappa shape index (κ1) is 20.6. The maximum absolute atomic E-state index is 11.6. The van der Waals surface area contributed by atoms with Crippen molar-refractivity contribution in [2.24, 2.45) is 11.8 Å². The van der Waals surface area contributed by atoms with Gasteiger partial charge in [0.15, 0.2) is 0 Å². The molecule has 4 heteroatoms. The van der Waals surface area contributed by atoms with Crippen molar-refractivity contribution >= 4 is 5.78 Å². The van der Waals surface area contributed by atoms with Crippen LogP contribution in [0.2, 0.25) is 0 Å². The highest BCUT2D eigenvalue weighted by atomic mass is 16.5. The van der Waals surface area contributed by atoms with Crippen LogP contribution in [0.1, 0.15) is 53.4 Å². The van der Waals surface area contributed by atoms with Crippen LogP contribution in [0.3, 0.4) is 0 Å². The summed E-state index contributed by atoms with van der Waals surface area (Å²) in [5.74, 6) is 1.67. The summed E-state index contributed by atoms with van der Waals surface area (Å²) in [5.41, 5.74) is 0. The van der Waals surface area contributed by atoms with E-state index in [1.807, 2.05) is 0 Å². The molecule has 0 bridgehead atoms. The molecular weight excluding hydrogens is 266 g/mol. The molecule has 0 aliphatic heterocycles. The zero-order chi connectivity index (χ0) is 15.9. The molecule has 0 amide bonds. The zero-order valence-corrected chi connectivity index (χ0v) is 14.5. The number of ketones is 1. The molecule has 0 saturated heterocycles. The van der Waals surface area contributed by atoms with Crippen LogP contribution < -0.4 is 5.32 Å². The maximum Gasteiger partial charge on any atom is 0.146 e. The molecule has 0 heterocycles.